The van der Waals surface area contributed by atoms with Gasteiger partial charge in [0.1, 0.15) is 23.0 Å². The molecule has 0 amide bonds. The summed E-state index contributed by atoms with van der Waals surface area (Å²) in [6, 6.07) is 12.3. The van der Waals surface area contributed by atoms with E-state index < -0.39 is 11.6 Å². The molecule has 4 N–H and O–H groups in total. The Hall–Kier alpha value is -4.08. The molecule has 0 radical (unpaired) electrons. The fourth-order valence-corrected chi connectivity index (χ4v) is 4.82. The molecule has 3 aromatic carbocycles. The lowest BCUT2D eigenvalue weighted by atomic mass is 9.77. The van der Waals surface area contributed by atoms with Crippen LogP contribution in [0.5, 0.6) is 23.0 Å². The first-order valence-electron chi connectivity index (χ1n) is 9.86. The predicted molar refractivity (Wildman–Crippen MR) is 121 cm³/mol. The highest BCUT2D eigenvalue weighted by molar-refractivity contribution is 6.31. The largest absolute Gasteiger partial charge is 0.508 e. The topological polar surface area (TPSA) is 141 Å². The molecule has 1 spiro atoms. The van der Waals surface area contributed by atoms with Crippen LogP contribution >= 0.6 is 23.2 Å². The van der Waals surface area contributed by atoms with E-state index in [-0.39, 0.29) is 50.6 Å². The van der Waals surface area contributed by atoms with Gasteiger partial charge in [0.15, 0.2) is 11.4 Å². The predicted octanol–water partition coefficient (Wildman–Crippen LogP) is 4.41. The third-order valence-electron chi connectivity index (χ3n) is 5.81. The van der Waals surface area contributed by atoms with Crippen LogP contribution in [-0.4, -0.2) is 31.1 Å². The van der Waals surface area contributed by atoms with Gasteiger partial charge in [-0.2, -0.15) is 15.0 Å². The van der Waals surface area contributed by atoms with Gasteiger partial charge in [0.2, 0.25) is 10.6 Å². The maximum absolute atomic E-state index is 13.3. The molecule has 2 aliphatic rings. The summed E-state index contributed by atoms with van der Waals surface area (Å²) < 4.78 is 12.0. The molecule has 2 aliphatic heterocycles. The molecule has 0 fully saturated rings. The normalized spacial score (nSPS) is 14.7. The number of hydrogen-bond acceptors (Lipinski definition) is 9. The van der Waals surface area contributed by atoms with Crippen molar-refractivity contribution in [2.75, 3.05) is 5.73 Å². The van der Waals surface area contributed by atoms with Crippen LogP contribution in [0.25, 0.3) is 11.4 Å². The first-order valence-corrected chi connectivity index (χ1v) is 10.6. The maximum atomic E-state index is 13.3. The van der Waals surface area contributed by atoms with Gasteiger partial charge >= 0.3 is 5.97 Å². The summed E-state index contributed by atoms with van der Waals surface area (Å²) in [7, 11) is 0. The van der Waals surface area contributed by atoms with Crippen molar-refractivity contribution >= 4 is 34.9 Å². The lowest BCUT2D eigenvalue weighted by Gasteiger charge is -2.36. The summed E-state index contributed by atoms with van der Waals surface area (Å²) in [5.41, 5.74) is 6.93. The third-order valence-corrected chi connectivity index (χ3v) is 6.14. The Morgan fingerprint density at radius 3 is 1.97 bits per heavy atom. The van der Waals surface area contributed by atoms with Crippen LogP contribution in [-0.2, 0) is 10.3 Å². The fraction of sp³-hybridized carbons (Fsp3) is 0.0435. The van der Waals surface area contributed by atoms with Crippen molar-refractivity contribution in [2.24, 2.45) is 0 Å². The number of halogens is 2. The zero-order chi connectivity index (χ0) is 23.8. The fourth-order valence-electron chi connectivity index (χ4n) is 4.46. The van der Waals surface area contributed by atoms with Crippen LogP contribution in [0.4, 0.5) is 5.69 Å². The second kappa shape index (κ2) is 6.96. The highest BCUT2D eigenvalue weighted by atomic mass is 35.5. The number of rotatable bonds is 1. The van der Waals surface area contributed by atoms with Crippen molar-refractivity contribution in [2.45, 2.75) is 5.60 Å². The van der Waals surface area contributed by atoms with E-state index in [4.69, 9.17) is 38.4 Å². The number of carbonyl (C=O) groups is 1. The van der Waals surface area contributed by atoms with Crippen LogP contribution in [0.3, 0.4) is 0 Å². The standard InChI is InChI=1S/C23H12Cl2N4O5/c24-21-27-19(28-22(25)29-21)11-3-6-14-17(18(11)26)20(32)34-23(14)12-4-1-9(30)7-15(12)33-16-8-10(31)2-5-13(16)23/h1-8,30-31H,26H2. The van der Waals surface area contributed by atoms with Gasteiger partial charge in [0, 0.05) is 34.4 Å². The molecule has 1 aromatic heterocycles. The Kier molecular flexibility index (Phi) is 4.20. The molecule has 0 bridgehead atoms. The smallest absolute Gasteiger partial charge is 0.342 e. The second-order valence-electron chi connectivity index (χ2n) is 7.68. The van der Waals surface area contributed by atoms with Gasteiger partial charge in [-0.25, -0.2) is 4.79 Å². The van der Waals surface area contributed by atoms with E-state index >= 15 is 0 Å². The first kappa shape index (κ1) is 20.5. The van der Waals surface area contributed by atoms with Gasteiger partial charge < -0.3 is 25.4 Å². The Labute approximate surface area is 201 Å². The number of aromatic nitrogens is 3. The molecule has 9 nitrogen and oxygen atoms in total. The number of anilines is 1. The number of carbonyl (C=O) groups excluding carboxylic acids is 1. The summed E-state index contributed by atoms with van der Waals surface area (Å²) in [6.45, 7) is 0. The van der Waals surface area contributed by atoms with Gasteiger partial charge in [-0.3, -0.25) is 0 Å². The molecule has 3 heterocycles. The molecule has 0 aliphatic carbocycles. The van der Waals surface area contributed by atoms with Gasteiger partial charge in [-0.05, 0) is 53.5 Å². The summed E-state index contributed by atoms with van der Waals surface area (Å²) >= 11 is 11.8. The van der Waals surface area contributed by atoms with E-state index in [9.17, 15) is 15.0 Å². The lowest BCUT2D eigenvalue weighted by molar-refractivity contribution is 0.0224. The molecule has 6 rings (SSSR count). The zero-order valence-electron chi connectivity index (χ0n) is 16.9. The monoisotopic (exact) mass is 494 g/mol. The number of nitrogens with two attached hydrogens (primary N) is 1. The van der Waals surface area contributed by atoms with E-state index in [1.54, 1.807) is 24.3 Å². The molecule has 0 saturated heterocycles. The van der Waals surface area contributed by atoms with Crippen molar-refractivity contribution in [3.8, 4) is 34.4 Å². The third kappa shape index (κ3) is 2.74. The Morgan fingerprint density at radius 1 is 0.824 bits per heavy atom. The van der Waals surface area contributed by atoms with Crippen LogP contribution in [0.1, 0.15) is 27.0 Å². The first-order chi connectivity index (χ1) is 16.3. The van der Waals surface area contributed by atoms with E-state index in [2.05, 4.69) is 15.0 Å². The minimum absolute atomic E-state index is 0.0412. The average Bonchev–Trinajstić information content (AvgIpc) is 3.06. The number of esters is 1. The molecule has 0 unspecified atom stereocenters. The average molecular weight is 495 g/mol. The molecular weight excluding hydrogens is 483 g/mol. The van der Waals surface area contributed by atoms with E-state index in [0.717, 1.165) is 0 Å². The highest BCUT2D eigenvalue weighted by Crippen LogP contribution is 2.58. The Balaban J connectivity index is 1.65. The van der Waals surface area contributed by atoms with Gasteiger partial charge in [-0.1, -0.05) is 6.07 Å². The number of nitrogen functional groups attached to an aromatic ring is 1. The Morgan fingerprint density at radius 2 is 1.38 bits per heavy atom. The molecule has 11 heteroatoms. The number of nitrogens with zero attached hydrogens (tertiary/aromatic N) is 3. The van der Waals surface area contributed by atoms with Crippen LogP contribution in [0, 0.1) is 0 Å². The number of phenolic OH excluding ortho intramolecular Hbond substituents is 2. The van der Waals surface area contributed by atoms with Crippen LogP contribution in [0.2, 0.25) is 10.6 Å². The zero-order valence-corrected chi connectivity index (χ0v) is 18.4. The van der Waals surface area contributed by atoms with E-state index in [0.29, 0.717) is 22.3 Å². The molecule has 34 heavy (non-hydrogen) atoms. The maximum Gasteiger partial charge on any atom is 0.342 e. The van der Waals surface area contributed by atoms with Crippen LogP contribution < -0.4 is 10.5 Å². The van der Waals surface area contributed by atoms with Crippen molar-refractivity contribution in [3.05, 3.63) is 81.4 Å². The molecule has 168 valence electrons. The molecule has 4 aromatic rings. The van der Waals surface area contributed by atoms with Crippen molar-refractivity contribution in [3.63, 3.8) is 0 Å². The van der Waals surface area contributed by atoms with Gasteiger partial charge in [-0.15, -0.1) is 0 Å². The number of ether oxygens (including phenoxy) is 2. The number of fused-ring (bicyclic) bond motifs is 6. The summed E-state index contributed by atoms with van der Waals surface area (Å²) in [6.07, 6.45) is 0. The minimum Gasteiger partial charge on any atom is -0.508 e. The SMILES string of the molecule is Nc1c(-c2nc(Cl)nc(Cl)n2)ccc2c1C(=O)OC21c2ccc(O)cc2Oc2cc(O)ccc21. The summed E-state index contributed by atoms with van der Waals surface area (Å²) in [5, 5.41) is 19.8. The number of phenols is 2. The number of benzene rings is 3. The number of aromatic hydroxyl groups is 2. The Bertz CT molecular complexity index is 1490. The van der Waals surface area contributed by atoms with Crippen molar-refractivity contribution in [1.29, 1.82) is 0 Å². The van der Waals surface area contributed by atoms with Crippen molar-refractivity contribution in [1.82, 2.24) is 15.0 Å². The van der Waals surface area contributed by atoms with Crippen LogP contribution in [0.15, 0.2) is 48.5 Å². The summed E-state index contributed by atoms with van der Waals surface area (Å²) in [4.78, 5) is 25.1. The number of hydrogen-bond donors (Lipinski definition) is 3. The van der Waals surface area contributed by atoms with Gasteiger partial charge in [0.05, 0.1) is 11.3 Å². The van der Waals surface area contributed by atoms with Crippen molar-refractivity contribution < 1.29 is 24.5 Å². The molecule has 0 atom stereocenters. The molecular formula is C23H12Cl2N4O5. The van der Waals surface area contributed by atoms with E-state index in [1.807, 2.05) is 0 Å². The highest BCUT2D eigenvalue weighted by Gasteiger charge is 2.54. The lowest BCUT2D eigenvalue weighted by Crippen LogP contribution is -2.32. The quantitative estimate of drug-likeness (QED) is 0.259. The second-order valence-corrected chi connectivity index (χ2v) is 8.36. The molecule has 0 saturated carbocycles. The van der Waals surface area contributed by atoms with E-state index in [1.165, 1.54) is 24.3 Å². The minimum atomic E-state index is -1.43. The van der Waals surface area contributed by atoms with Gasteiger partial charge in [0.25, 0.3) is 0 Å². The summed E-state index contributed by atoms with van der Waals surface area (Å²) in [5.74, 6) is -0.141.